The van der Waals surface area contributed by atoms with E-state index in [0.717, 1.165) is 0 Å². The first-order valence-electron chi connectivity index (χ1n) is 9.35. The molecule has 6 heteroatoms. The lowest BCUT2D eigenvalue weighted by Gasteiger charge is -2.87. The Hall–Kier alpha value is -1.80. The molecule has 150 valence electrons. The van der Waals surface area contributed by atoms with Gasteiger partial charge in [0.15, 0.2) is 0 Å². The van der Waals surface area contributed by atoms with Crippen molar-refractivity contribution in [3.8, 4) is 0 Å². The topological polar surface area (TPSA) is 121 Å². The standard InChI is InChI=1S/C22H26O6/c1-18(14-9-5-3-6-10-14)17(25)21(27)19(2,15-11-7-4-8-12-15)20(26,16(24)13-23)22(18,21)28/h3-12,16-17,23-28H,13H2,1-2H3/t16-,17?,18?,19?,20+,21-,22+/m1/s1. The summed E-state index contributed by atoms with van der Waals surface area (Å²) in [6.07, 6.45) is -3.18. The molecule has 0 heterocycles. The van der Waals surface area contributed by atoms with Crippen molar-refractivity contribution >= 4 is 0 Å². The van der Waals surface area contributed by atoms with Crippen LogP contribution in [0.1, 0.15) is 25.0 Å². The summed E-state index contributed by atoms with van der Waals surface area (Å²) in [5.74, 6) is 0. The lowest BCUT2D eigenvalue weighted by atomic mass is 9.20. The third-order valence-electron chi connectivity index (χ3n) is 7.70. The Kier molecular flexibility index (Phi) is 3.92. The van der Waals surface area contributed by atoms with Gasteiger partial charge in [-0.25, -0.2) is 0 Å². The number of hydrogen-bond acceptors (Lipinski definition) is 6. The van der Waals surface area contributed by atoms with Crippen molar-refractivity contribution in [1.82, 2.24) is 0 Å². The van der Waals surface area contributed by atoms with Gasteiger partial charge in [-0.1, -0.05) is 60.7 Å². The van der Waals surface area contributed by atoms with Gasteiger partial charge in [0, 0.05) is 0 Å². The van der Waals surface area contributed by atoms with Crippen LogP contribution in [0.3, 0.4) is 0 Å². The maximum absolute atomic E-state index is 11.8. The average Bonchev–Trinajstić information content (AvgIpc) is 2.75. The van der Waals surface area contributed by atoms with Crippen molar-refractivity contribution < 1.29 is 30.6 Å². The molecule has 6 nitrogen and oxygen atoms in total. The van der Waals surface area contributed by atoms with Crippen molar-refractivity contribution in [3.05, 3.63) is 71.8 Å². The van der Waals surface area contributed by atoms with E-state index in [4.69, 9.17) is 0 Å². The molecule has 0 amide bonds. The molecule has 2 saturated carbocycles. The zero-order valence-electron chi connectivity index (χ0n) is 15.8. The van der Waals surface area contributed by atoms with Crippen LogP contribution in [0.25, 0.3) is 0 Å². The van der Waals surface area contributed by atoms with Crippen molar-refractivity contribution in [2.45, 2.75) is 53.7 Å². The summed E-state index contributed by atoms with van der Waals surface area (Å²) in [5.41, 5.74) is -8.93. The van der Waals surface area contributed by atoms with E-state index in [1.165, 1.54) is 6.92 Å². The fourth-order valence-corrected chi connectivity index (χ4v) is 6.11. The van der Waals surface area contributed by atoms with Gasteiger partial charge in [-0.3, -0.25) is 0 Å². The fourth-order valence-electron chi connectivity index (χ4n) is 6.11. The smallest absolute Gasteiger partial charge is 0.141 e. The maximum atomic E-state index is 11.8. The maximum Gasteiger partial charge on any atom is 0.141 e. The van der Waals surface area contributed by atoms with E-state index in [0.29, 0.717) is 11.1 Å². The third-order valence-corrected chi connectivity index (χ3v) is 7.70. The second-order valence-corrected chi connectivity index (χ2v) is 8.40. The number of benzene rings is 2. The number of hydrogen-bond donors (Lipinski definition) is 6. The highest BCUT2D eigenvalue weighted by atomic mass is 16.5. The SMILES string of the molecule is CC1(c2ccccc2)C(O)[C@@]2(O)C(C)(c3ccccc3)[C@@](O)([C@H](O)CO)[C@@]12O. The van der Waals surface area contributed by atoms with E-state index in [9.17, 15) is 30.6 Å². The molecule has 0 aliphatic heterocycles. The summed E-state index contributed by atoms with van der Waals surface area (Å²) in [5, 5.41) is 66.6. The normalized spacial score (nSPS) is 45.5. The lowest BCUT2D eigenvalue weighted by molar-refractivity contribution is -0.507. The first-order chi connectivity index (χ1) is 13.1. The van der Waals surface area contributed by atoms with E-state index in [2.05, 4.69) is 0 Å². The molecule has 28 heavy (non-hydrogen) atoms. The molecule has 0 saturated heterocycles. The van der Waals surface area contributed by atoms with Crippen LogP contribution >= 0.6 is 0 Å². The molecule has 2 aliphatic rings. The number of fused-ring (bicyclic) bond motifs is 1. The summed E-state index contributed by atoms with van der Waals surface area (Å²) in [6, 6.07) is 17.1. The molecule has 2 aromatic carbocycles. The summed E-state index contributed by atoms with van der Waals surface area (Å²) < 4.78 is 0. The minimum atomic E-state index is -2.32. The number of aliphatic hydroxyl groups excluding tert-OH is 3. The Labute approximate surface area is 163 Å². The van der Waals surface area contributed by atoms with Gasteiger partial charge in [-0.2, -0.15) is 0 Å². The first-order valence-corrected chi connectivity index (χ1v) is 9.35. The zero-order chi connectivity index (χ0) is 20.6. The second-order valence-electron chi connectivity index (χ2n) is 8.40. The number of rotatable bonds is 4. The molecule has 2 aliphatic carbocycles. The van der Waals surface area contributed by atoms with Gasteiger partial charge in [0.25, 0.3) is 0 Å². The van der Waals surface area contributed by atoms with Crippen LogP contribution in [0.5, 0.6) is 0 Å². The minimum Gasteiger partial charge on any atom is -0.394 e. The quantitative estimate of drug-likeness (QED) is 0.434. The van der Waals surface area contributed by atoms with Gasteiger partial charge in [0.05, 0.1) is 23.5 Å². The second kappa shape index (κ2) is 5.63. The summed E-state index contributed by atoms with van der Waals surface area (Å²) in [4.78, 5) is 0. The summed E-state index contributed by atoms with van der Waals surface area (Å²) in [7, 11) is 0. The van der Waals surface area contributed by atoms with Crippen molar-refractivity contribution in [2.24, 2.45) is 0 Å². The summed E-state index contributed by atoms with van der Waals surface area (Å²) >= 11 is 0. The first kappa shape index (κ1) is 19.5. The molecule has 6 N–H and O–H groups in total. The molecular weight excluding hydrogens is 360 g/mol. The minimum absolute atomic E-state index is 0.436. The van der Waals surface area contributed by atoms with E-state index < -0.39 is 46.4 Å². The lowest BCUT2D eigenvalue weighted by Crippen LogP contribution is -3.10. The highest BCUT2D eigenvalue weighted by Gasteiger charge is 3.01. The van der Waals surface area contributed by atoms with Crippen LogP contribution < -0.4 is 0 Å². The Bertz CT molecular complexity index is 888. The van der Waals surface area contributed by atoms with Gasteiger partial charge in [-0.15, -0.1) is 0 Å². The molecule has 3 unspecified atom stereocenters. The predicted octanol–water partition coefficient (Wildman–Crippen LogP) is -0.163. The molecule has 0 spiro atoms. The van der Waals surface area contributed by atoms with E-state index >= 15 is 0 Å². The molecule has 0 radical (unpaired) electrons. The molecule has 0 bridgehead atoms. The Morgan fingerprint density at radius 2 is 1.32 bits per heavy atom. The molecule has 2 aromatic rings. The van der Waals surface area contributed by atoms with Crippen LogP contribution in [0.4, 0.5) is 0 Å². The predicted molar refractivity (Wildman–Crippen MR) is 102 cm³/mol. The van der Waals surface area contributed by atoms with Crippen LogP contribution in [0.15, 0.2) is 60.7 Å². The van der Waals surface area contributed by atoms with Crippen molar-refractivity contribution in [2.75, 3.05) is 6.61 Å². The molecule has 0 aromatic heterocycles. The highest BCUT2D eigenvalue weighted by molar-refractivity contribution is 5.62. The zero-order valence-corrected chi connectivity index (χ0v) is 15.8. The van der Waals surface area contributed by atoms with Gasteiger partial charge < -0.3 is 30.6 Å². The van der Waals surface area contributed by atoms with E-state index in [1.807, 2.05) is 0 Å². The fraction of sp³-hybridized carbons (Fsp3) is 0.455. The molecule has 7 atom stereocenters. The average molecular weight is 386 g/mol. The van der Waals surface area contributed by atoms with E-state index in [1.54, 1.807) is 67.6 Å². The van der Waals surface area contributed by atoms with Crippen LogP contribution in [0, 0.1) is 0 Å². The van der Waals surface area contributed by atoms with Gasteiger partial charge in [-0.05, 0) is 25.0 Å². The van der Waals surface area contributed by atoms with Crippen molar-refractivity contribution in [1.29, 1.82) is 0 Å². The molecule has 4 rings (SSSR count). The summed E-state index contributed by atoms with van der Waals surface area (Å²) in [6.45, 7) is 2.21. The van der Waals surface area contributed by atoms with Crippen LogP contribution in [-0.2, 0) is 10.8 Å². The Morgan fingerprint density at radius 1 is 0.857 bits per heavy atom. The Balaban J connectivity index is 1.99. The molecular formula is C22H26O6. The Morgan fingerprint density at radius 3 is 1.79 bits per heavy atom. The monoisotopic (exact) mass is 386 g/mol. The molecule has 2 fully saturated rings. The van der Waals surface area contributed by atoms with Gasteiger partial charge >= 0.3 is 0 Å². The largest absolute Gasteiger partial charge is 0.394 e. The van der Waals surface area contributed by atoms with Gasteiger partial charge in [0.1, 0.15) is 22.9 Å². The van der Waals surface area contributed by atoms with Crippen molar-refractivity contribution in [3.63, 3.8) is 0 Å². The third kappa shape index (κ3) is 1.57. The van der Waals surface area contributed by atoms with Crippen LogP contribution in [-0.4, -0.2) is 66.3 Å². The van der Waals surface area contributed by atoms with Gasteiger partial charge in [0.2, 0.25) is 0 Å². The van der Waals surface area contributed by atoms with E-state index in [-0.39, 0.29) is 0 Å². The highest BCUT2D eigenvalue weighted by Crippen LogP contribution is 2.79. The van der Waals surface area contributed by atoms with Crippen LogP contribution in [0.2, 0.25) is 0 Å². The number of aliphatic hydroxyl groups is 6.